The van der Waals surface area contributed by atoms with Gasteiger partial charge < -0.3 is 14.8 Å². The predicted molar refractivity (Wildman–Crippen MR) is 108 cm³/mol. The van der Waals surface area contributed by atoms with Gasteiger partial charge in [-0.2, -0.15) is 0 Å². The molecule has 1 saturated heterocycles. The first kappa shape index (κ1) is 16.7. The Kier molecular flexibility index (Phi) is 3.97. The molecule has 0 unspecified atom stereocenters. The molecule has 6 heteroatoms. The van der Waals surface area contributed by atoms with Gasteiger partial charge in [0, 0.05) is 60.4 Å². The molecule has 2 aromatic heterocycles. The second-order valence-electron chi connectivity index (χ2n) is 7.04. The maximum atomic E-state index is 13.5. The van der Waals surface area contributed by atoms with Crippen LogP contribution >= 0.6 is 0 Å². The van der Waals surface area contributed by atoms with E-state index in [0.29, 0.717) is 24.3 Å². The fourth-order valence-electron chi connectivity index (χ4n) is 3.89. The molecule has 1 N–H and O–H groups in total. The molecule has 0 bridgehead atoms. The molecule has 0 atom stereocenters. The molecule has 0 aliphatic carbocycles. The molecule has 4 aromatic rings. The highest BCUT2D eigenvalue weighted by atomic mass is 19.1. The topological polar surface area (TPSA) is 52.2 Å². The Morgan fingerprint density at radius 1 is 1.00 bits per heavy atom. The standard InChI is InChI=1S/C22H19FN4O/c23-16-5-6-17-19(14-16)24-8-7-21(17)26-9-11-27(12-10-26)22(28)20-13-15-3-1-2-4-18(15)25-20/h1-8,13-14,25H,9-12H2. The third-order valence-electron chi connectivity index (χ3n) is 5.35. The van der Waals surface area contributed by atoms with Crippen LogP contribution in [0.3, 0.4) is 0 Å². The first-order valence-corrected chi connectivity index (χ1v) is 9.35. The molecule has 1 aliphatic heterocycles. The fourth-order valence-corrected chi connectivity index (χ4v) is 3.89. The molecule has 0 spiro atoms. The van der Waals surface area contributed by atoms with E-state index in [1.54, 1.807) is 12.3 Å². The van der Waals surface area contributed by atoms with Gasteiger partial charge in [-0.3, -0.25) is 9.78 Å². The summed E-state index contributed by atoms with van der Waals surface area (Å²) in [6.07, 6.45) is 1.71. The normalized spacial score (nSPS) is 14.8. The van der Waals surface area contributed by atoms with Crippen LogP contribution in [0.5, 0.6) is 0 Å². The number of piperazine rings is 1. The lowest BCUT2D eigenvalue weighted by Crippen LogP contribution is -2.49. The summed E-state index contributed by atoms with van der Waals surface area (Å²) in [5.74, 6) is -0.261. The number of fused-ring (bicyclic) bond motifs is 2. The van der Waals surface area contributed by atoms with Crippen LogP contribution in [0.1, 0.15) is 10.5 Å². The zero-order chi connectivity index (χ0) is 19.1. The third-order valence-corrected chi connectivity index (χ3v) is 5.35. The second-order valence-corrected chi connectivity index (χ2v) is 7.04. The SMILES string of the molecule is O=C(c1cc2ccccc2[nH]1)N1CCN(c2ccnc3cc(F)ccc23)CC1. The number of carbonyl (C=O) groups is 1. The summed E-state index contributed by atoms with van der Waals surface area (Å²) < 4.78 is 13.5. The van der Waals surface area contributed by atoms with E-state index in [9.17, 15) is 9.18 Å². The highest BCUT2D eigenvalue weighted by molar-refractivity contribution is 5.98. The van der Waals surface area contributed by atoms with Gasteiger partial charge in [-0.1, -0.05) is 18.2 Å². The van der Waals surface area contributed by atoms with Crippen molar-refractivity contribution < 1.29 is 9.18 Å². The third kappa shape index (κ3) is 2.87. The van der Waals surface area contributed by atoms with Crippen molar-refractivity contribution in [3.8, 4) is 0 Å². The summed E-state index contributed by atoms with van der Waals surface area (Å²) in [4.78, 5) is 24.5. The number of hydrogen-bond acceptors (Lipinski definition) is 3. The first-order chi connectivity index (χ1) is 13.7. The molecule has 0 saturated carbocycles. The minimum atomic E-state index is -0.286. The minimum Gasteiger partial charge on any atom is -0.367 e. The number of para-hydroxylation sites is 1. The summed E-state index contributed by atoms with van der Waals surface area (Å²) >= 11 is 0. The second kappa shape index (κ2) is 6.64. The van der Waals surface area contributed by atoms with Crippen LogP contribution in [0.15, 0.2) is 60.8 Å². The van der Waals surface area contributed by atoms with Crippen LogP contribution in [0.25, 0.3) is 21.8 Å². The number of aromatic nitrogens is 2. The van der Waals surface area contributed by atoms with E-state index in [1.165, 1.54) is 12.1 Å². The largest absolute Gasteiger partial charge is 0.367 e. The summed E-state index contributed by atoms with van der Waals surface area (Å²) in [7, 11) is 0. The van der Waals surface area contributed by atoms with Crippen molar-refractivity contribution in [1.82, 2.24) is 14.9 Å². The lowest BCUT2D eigenvalue weighted by Gasteiger charge is -2.36. The van der Waals surface area contributed by atoms with Crippen molar-refractivity contribution in [3.05, 3.63) is 72.3 Å². The Labute approximate surface area is 161 Å². The Morgan fingerprint density at radius 3 is 2.64 bits per heavy atom. The Balaban J connectivity index is 1.34. The van der Waals surface area contributed by atoms with Crippen molar-refractivity contribution in [2.45, 2.75) is 0 Å². The van der Waals surface area contributed by atoms with Gasteiger partial charge in [0.1, 0.15) is 11.5 Å². The number of hydrogen-bond donors (Lipinski definition) is 1. The molecule has 28 heavy (non-hydrogen) atoms. The first-order valence-electron chi connectivity index (χ1n) is 9.35. The molecule has 5 nitrogen and oxygen atoms in total. The number of aromatic amines is 1. The molecular weight excluding hydrogens is 355 g/mol. The lowest BCUT2D eigenvalue weighted by atomic mass is 10.1. The van der Waals surface area contributed by atoms with Crippen molar-refractivity contribution >= 4 is 33.4 Å². The van der Waals surface area contributed by atoms with Gasteiger partial charge in [0.05, 0.1) is 5.52 Å². The van der Waals surface area contributed by atoms with Crippen molar-refractivity contribution in [1.29, 1.82) is 0 Å². The van der Waals surface area contributed by atoms with E-state index in [1.807, 2.05) is 41.3 Å². The predicted octanol–water partition coefficient (Wildman–Crippen LogP) is 3.82. The van der Waals surface area contributed by atoms with Crippen molar-refractivity contribution in [3.63, 3.8) is 0 Å². The van der Waals surface area contributed by atoms with Gasteiger partial charge in [0.25, 0.3) is 5.91 Å². The molecule has 0 radical (unpaired) electrons. The van der Waals surface area contributed by atoms with Crippen LogP contribution < -0.4 is 4.90 Å². The van der Waals surface area contributed by atoms with Crippen LogP contribution in [-0.4, -0.2) is 47.0 Å². The molecular formula is C22H19FN4O. The van der Waals surface area contributed by atoms with E-state index in [0.717, 1.165) is 35.1 Å². The number of nitrogens with zero attached hydrogens (tertiary/aromatic N) is 3. The zero-order valence-corrected chi connectivity index (χ0v) is 15.2. The summed E-state index contributed by atoms with van der Waals surface area (Å²) in [6.45, 7) is 2.73. The highest BCUT2D eigenvalue weighted by Crippen LogP contribution is 2.27. The lowest BCUT2D eigenvalue weighted by molar-refractivity contribution is 0.0742. The van der Waals surface area contributed by atoms with E-state index < -0.39 is 0 Å². The molecule has 3 heterocycles. The number of pyridine rings is 1. The van der Waals surface area contributed by atoms with E-state index >= 15 is 0 Å². The molecule has 1 aliphatic rings. The van der Waals surface area contributed by atoms with Gasteiger partial charge >= 0.3 is 0 Å². The number of anilines is 1. The fraction of sp³-hybridized carbons (Fsp3) is 0.182. The summed E-state index contributed by atoms with van der Waals surface area (Å²) in [6, 6.07) is 16.4. The monoisotopic (exact) mass is 374 g/mol. The van der Waals surface area contributed by atoms with Gasteiger partial charge in [-0.25, -0.2) is 4.39 Å². The van der Waals surface area contributed by atoms with Crippen molar-refractivity contribution in [2.24, 2.45) is 0 Å². The zero-order valence-electron chi connectivity index (χ0n) is 15.2. The average molecular weight is 374 g/mol. The summed E-state index contributed by atoms with van der Waals surface area (Å²) in [5.41, 5.74) is 3.27. The van der Waals surface area contributed by atoms with Crippen LogP contribution in [-0.2, 0) is 0 Å². The Bertz CT molecular complexity index is 1140. The number of rotatable bonds is 2. The number of amides is 1. The minimum absolute atomic E-state index is 0.0255. The van der Waals surface area contributed by atoms with E-state index in [4.69, 9.17) is 0 Å². The number of nitrogens with one attached hydrogen (secondary N) is 1. The van der Waals surface area contributed by atoms with Crippen LogP contribution in [0.4, 0.5) is 10.1 Å². The van der Waals surface area contributed by atoms with E-state index in [-0.39, 0.29) is 11.7 Å². The van der Waals surface area contributed by atoms with Crippen LogP contribution in [0.2, 0.25) is 0 Å². The number of halogens is 1. The molecule has 140 valence electrons. The molecule has 1 amide bonds. The number of benzene rings is 2. The van der Waals surface area contributed by atoms with Crippen LogP contribution in [0, 0.1) is 5.82 Å². The van der Waals surface area contributed by atoms with Gasteiger partial charge in [-0.15, -0.1) is 0 Å². The Hall–Kier alpha value is -3.41. The van der Waals surface area contributed by atoms with E-state index in [2.05, 4.69) is 14.9 Å². The maximum absolute atomic E-state index is 13.5. The van der Waals surface area contributed by atoms with Crippen molar-refractivity contribution in [2.75, 3.05) is 31.1 Å². The quantitative estimate of drug-likeness (QED) is 0.580. The Morgan fingerprint density at radius 2 is 1.82 bits per heavy atom. The summed E-state index contributed by atoms with van der Waals surface area (Å²) in [5, 5.41) is 1.97. The number of H-pyrrole nitrogens is 1. The highest BCUT2D eigenvalue weighted by Gasteiger charge is 2.24. The van der Waals surface area contributed by atoms with Gasteiger partial charge in [-0.05, 0) is 30.3 Å². The molecule has 1 fully saturated rings. The van der Waals surface area contributed by atoms with Gasteiger partial charge in [0.15, 0.2) is 0 Å². The molecule has 2 aromatic carbocycles. The smallest absolute Gasteiger partial charge is 0.270 e. The number of carbonyl (C=O) groups excluding carboxylic acids is 1. The maximum Gasteiger partial charge on any atom is 0.270 e. The molecule has 5 rings (SSSR count). The van der Waals surface area contributed by atoms with Gasteiger partial charge in [0.2, 0.25) is 0 Å². The average Bonchev–Trinajstić information content (AvgIpc) is 3.17.